The van der Waals surface area contributed by atoms with Crippen molar-refractivity contribution in [3.05, 3.63) is 18.5 Å². The number of nitrogens with one attached hydrogen (secondary N) is 1. The van der Waals surface area contributed by atoms with Gasteiger partial charge in [-0.2, -0.15) is 5.10 Å². The first kappa shape index (κ1) is 10.2. The first-order chi connectivity index (χ1) is 7.25. The quantitative estimate of drug-likeness (QED) is 0.726. The molecule has 1 N–H and O–H groups in total. The number of amides is 1. The van der Waals surface area contributed by atoms with E-state index in [9.17, 15) is 4.79 Å². The van der Waals surface area contributed by atoms with Crippen LogP contribution < -0.4 is 5.32 Å². The number of hydrogen-bond donors (Lipinski definition) is 1. The summed E-state index contributed by atoms with van der Waals surface area (Å²) in [6, 6.07) is 2.22. The number of carbonyl (C=O) groups excluding carboxylic acids is 1. The molecule has 0 radical (unpaired) electrons. The molecule has 0 saturated carbocycles. The average Bonchev–Trinajstić information content (AvgIpc) is 2.70. The number of nitrogens with zero attached hydrogens (tertiary/aromatic N) is 3. The zero-order valence-electron chi connectivity index (χ0n) is 8.89. The van der Waals surface area contributed by atoms with Gasteiger partial charge in [-0.25, -0.2) is 0 Å². The van der Waals surface area contributed by atoms with Gasteiger partial charge in [0.2, 0.25) is 5.91 Å². The van der Waals surface area contributed by atoms with Crippen molar-refractivity contribution >= 4 is 5.91 Å². The summed E-state index contributed by atoms with van der Waals surface area (Å²) in [7, 11) is 0. The molecule has 0 aliphatic carbocycles. The van der Waals surface area contributed by atoms with E-state index in [0.717, 1.165) is 19.6 Å². The molecular formula is C10H16N4O. The van der Waals surface area contributed by atoms with E-state index < -0.39 is 0 Å². The normalized spacial score (nSPS) is 21.7. The average molecular weight is 208 g/mol. The van der Waals surface area contributed by atoms with Gasteiger partial charge in [0.15, 0.2) is 0 Å². The van der Waals surface area contributed by atoms with Gasteiger partial charge in [0.1, 0.15) is 6.54 Å². The Morgan fingerprint density at radius 3 is 3.20 bits per heavy atom. The number of aromatic nitrogens is 2. The summed E-state index contributed by atoms with van der Waals surface area (Å²) in [5.74, 6) is 0.145. The highest BCUT2D eigenvalue weighted by atomic mass is 16.2. The number of hydrogen-bond acceptors (Lipinski definition) is 3. The zero-order chi connectivity index (χ0) is 10.7. The molecule has 2 heterocycles. The van der Waals surface area contributed by atoms with Gasteiger partial charge in [-0.1, -0.05) is 0 Å². The third kappa shape index (κ3) is 2.56. The Labute approximate surface area is 89.1 Å². The van der Waals surface area contributed by atoms with Crippen molar-refractivity contribution in [3.63, 3.8) is 0 Å². The summed E-state index contributed by atoms with van der Waals surface area (Å²) >= 11 is 0. The van der Waals surface area contributed by atoms with Crippen LogP contribution in [0.25, 0.3) is 0 Å². The Kier molecular flexibility index (Phi) is 3.01. The monoisotopic (exact) mass is 208 g/mol. The molecule has 15 heavy (non-hydrogen) atoms. The van der Waals surface area contributed by atoms with Gasteiger partial charge in [-0.15, -0.1) is 0 Å². The summed E-state index contributed by atoms with van der Waals surface area (Å²) in [5, 5.41) is 7.33. The molecule has 1 aliphatic heterocycles. The van der Waals surface area contributed by atoms with E-state index in [-0.39, 0.29) is 5.91 Å². The summed E-state index contributed by atoms with van der Waals surface area (Å²) in [5.41, 5.74) is 0. The standard InChI is InChI=1S/C10H16N4O/c1-9-7-13(6-4-11-9)10(15)8-14-5-2-3-12-14/h2-3,5,9,11H,4,6-8H2,1H3/t9-/m1/s1. The lowest BCUT2D eigenvalue weighted by Gasteiger charge is -2.31. The molecule has 1 fully saturated rings. The van der Waals surface area contributed by atoms with E-state index in [4.69, 9.17) is 0 Å². The van der Waals surface area contributed by atoms with Crippen LogP contribution in [-0.4, -0.2) is 46.3 Å². The minimum absolute atomic E-state index is 0.145. The summed E-state index contributed by atoms with van der Waals surface area (Å²) in [6.07, 6.45) is 3.50. The highest BCUT2D eigenvalue weighted by Crippen LogP contribution is 2.00. The van der Waals surface area contributed by atoms with Crippen LogP contribution in [0.5, 0.6) is 0 Å². The molecule has 82 valence electrons. The molecule has 0 aromatic carbocycles. The van der Waals surface area contributed by atoms with Crippen molar-refractivity contribution in [3.8, 4) is 0 Å². The Hall–Kier alpha value is -1.36. The van der Waals surface area contributed by atoms with Crippen LogP contribution in [0.4, 0.5) is 0 Å². The molecule has 0 unspecified atom stereocenters. The van der Waals surface area contributed by atoms with Crippen molar-refractivity contribution in [2.75, 3.05) is 19.6 Å². The van der Waals surface area contributed by atoms with E-state index in [1.807, 2.05) is 17.2 Å². The number of rotatable bonds is 2. The third-order valence-electron chi connectivity index (χ3n) is 2.58. The minimum Gasteiger partial charge on any atom is -0.338 e. The molecule has 1 saturated heterocycles. The highest BCUT2D eigenvalue weighted by Gasteiger charge is 2.20. The van der Waals surface area contributed by atoms with Crippen molar-refractivity contribution in [2.24, 2.45) is 0 Å². The first-order valence-electron chi connectivity index (χ1n) is 5.24. The fourth-order valence-electron chi connectivity index (χ4n) is 1.79. The molecule has 1 aliphatic rings. The Bertz CT molecular complexity index is 322. The van der Waals surface area contributed by atoms with Crippen LogP contribution in [0.3, 0.4) is 0 Å². The predicted molar refractivity (Wildman–Crippen MR) is 56.3 cm³/mol. The van der Waals surface area contributed by atoms with E-state index in [1.165, 1.54) is 0 Å². The van der Waals surface area contributed by atoms with Gasteiger partial charge in [0, 0.05) is 38.1 Å². The SMILES string of the molecule is C[C@@H]1CN(C(=O)Cn2cccn2)CCN1. The molecule has 0 bridgehead atoms. The fraction of sp³-hybridized carbons (Fsp3) is 0.600. The molecule has 1 atom stereocenters. The van der Waals surface area contributed by atoms with Crippen molar-refractivity contribution in [1.82, 2.24) is 20.0 Å². The van der Waals surface area contributed by atoms with Crippen LogP contribution in [0.1, 0.15) is 6.92 Å². The van der Waals surface area contributed by atoms with Crippen molar-refractivity contribution in [2.45, 2.75) is 19.5 Å². The molecule has 1 aromatic heterocycles. The van der Waals surface area contributed by atoms with Crippen molar-refractivity contribution < 1.29 is 4.79 Å². The lowest BCUT2D eigenvalue weighted by atomic mass is 10.2. The number of piperazine rings is 1. The molecule has 5 nitrogen and oxygen atoms in total. The lowest BCUT2D eigenvalue weighted by Crippen LogP contribution is -2.52. The van der Waals surface area contributed by atoms with E-state index in [0.29, 0.717) is 12.6 Å². The van der Waals surface area contributed by atoms with Crippen LogP contribution >= 0.6 is 0 Å². The van der Waals surface area contributed by atoms with Gasteiger partial charge < -0.3 is 10.2 Å². The Balaban J connectivity index is 1.90. The Morgan fingerprint density at radius 1 is 1.67 bits per heavy atom. The van der Waals surface area contributed by atoms with Crippen LogP contribution in [0.15, 0.2) is 18.5 Å². The third-order valence-corrected chi connectivity index (χ3v) is 2.58. The van der Waals surface area contributed by atoms with Gasteiger partial charge in [-0.05, 0) is 13.0 Å². The molecule has 5 heteroatoms. The Morgan fingerprint density at radius 2 is 2.53 bits per heavy atom. The first-order valence-corrected chi connectivity index (χ1v) is 5.24. The maximum absolute atomic E-state index is 11.8. The minimum atomic E-state index is 0.145. The van der Waals surface area contributed by atoms with Crippen LogP contribution in [-0.2, 0) is 11.3 Å². The van der Waals surface area contributed by atoms with Gasteiger partial charge in [0.25, 0.3) is 0 Å². The van der Waals surface area contributed by atoms with E-state index in [2.05, 4.69) is 17.3 Å². The second kappa shape index (κ2) is 4.44. The second-order valence-corrected chi connectivity index (χ2v) is 3.90. The summed E-state index contributed by atoms with van der Waals surface area (Å²) in [6.45, 7) is 4.91. The summed E-state index contributed by atoms with van der Waals surface area (Å²) in [4.78, 5) is 13.7. The maximum atomic E-state index is 11.8. The maximum Gasteiger partial charge on any atom is 0.244 e. The van der Waals surface area contributed by atoms with Gasteiger partial charge in [0.05, 0.1) is 0 Å². The zero-order valence-corrected chi connectivity index (χ0v) is 8.89. The molecule has 1 aromatic rings. The van der Waals surface area contributed by atoms with Gasteiger partial charge in [-0.3, -0.25) is 9.48 Å². The van der Waals surface area contributed by atoms with E-state index >= 15 is 0 Å². The highest BCUT2D eigenvalue weighted by molar-refractivity contribution is 5.76. The number of carbonyl (C=O) groups is 1. The smallest absolute Gasteiger partial charge is 0.244 e. The largest absolute Gasteiger partial charge is 0.338 e. The topological polar surface area (TPSA) is 50.2 Å². The van der Waals surface area contributed by atoms with E-state index in [1.54, 1.807) is 10.9 Å². The lowest BCUT2D eigenvalue weighted by molar-refractivity contribution is -0.133. The van der Waals surface area contributed by atoms with Gasteiger partial charge >= 0.3 is 0 Å². The van der Waals surface area contributed by atoms with Crippen molar-refractivity contribution in [1.29, 1.82) is 0 Å². The summed E-state index contributed by atoms with van der Waals surface area (Å²) < 4.78 is 1.66. The second-order valence-electron chi connectivity index (χ2n) is 3.90. The molecule has 2 rings (SSSR count). The predicted octanol–water partition coefficient (Wildman–Crippen LogP) is -0.297. The fourth-order valence-corrected chi connectivity index (χ4v) is 1.79. The molecule has 1 amide bonds. The molecular weight excluding hydrogens is 192 g/mol. The van der Waals surface area contributed by atoms with Crippen LogP contribution in [0.2, 0.25) is 0 Å². The molecule has 0 spiro atoms. The van der Waals surface area contributed by atoms with Crippen LogP contribution in [0, 0.1) is 0 Å².